The van der Waals surface area contributed by atoms with Gasteiger partial charge in [0.1, 0.15) is 5.82 Å². The Morgan fingerprint density at radius 1 is 1.25 bits per heavy atom. The van der Waals surface area contributed by atoms with Crippen molar-refractivity contribution >= 4 is 11.7 Å². The van der Waals surface area contributed by atoms with Gasteiger partial charge in [0.05, 0.1) is 6.54 Å². The van der Waals surface area contributed by atoms with Gasteiger partial charge in [-0.2, -0.15) is 0 Å². The van der Waals surface area contributed by atoms with Crippen LogP contribution in [0.3, 0.4) is 0 Å². The standard InChI is InChI=1S/C15H22N4O/c1-12-2-3-14(17-10-12)18-7-4-13(5-8-18)19-9-6-16-15(20)11-19/h2-3,10,13H,4-9,11H2,1H3,(H,16,20). The van der Waals surface area contributed by atoms with Crippen molar-refractivity contribution in [1.82, 2.24) is 15.2 Å². The van der Waals surface area contributed by atoms with Gasteiger partial charge < -0.3 is 10.2 Å². The van der Waals surface area contributed by atoms with Crippen molar-refractivity contribution in [2.75, 3.05) is 37.6 Å². The van der Waals surface area contributed by atoms with Crippen LogP contribution in [0.1, 0.15) is 18.4 Å². The maximum atomic E-state index is 11.5. The Hall–Kier alpha value is -1.62. The SMILES string of the molecule is Cc1ccc(N2CCC(N3CCNC(=O)C3)CC2)nc1. The number of hydrogen-bond donors (Lipinski definition) is 1. The predicted molar refractivity (Wildman–Crippen MR) is 78.8 cm³/mol. The van der Waals surface area contributed by atoms with E-state index in [1.807, 2.05) is 6.20 Å². The van der Waals surface area contributed by atoms with Crippen LogP contribution in [-0.4, -0.2) is 54.6 Å². The highest BCUT2D eigenvalue weighted by molar-refractivity contribution is 5.78. The average molecular weight is 274 g/mol. The first kappa shape index (κ1) is 13.4. The van der Waals surface area contributed by atoms with Crippen molar-refractivity contribution in [3.8, 4) is 0 Å². The number of aryl methyl sites for hydroxylation is 1. The van der Waals surface area contributed by atoms with E-state index in [1.54, 1.807) is 0 Å². The first-order valence-corrected chi connectivity index (χ1v) is 7.41. The van der Waals surface area contributed by atoms with Gasteiger partial charge in [0.25, 0.3) is 0 Å². The number of nitrogens with one attached hydrogen (secondary N) is 1. The number of carbonyl (C=O) groups excluding carboxylic acids is 1. The van der Waals surface area contributed by atoms with Gasteiger partial charge in [0, 0.05) is 38.4 Å². The third kappa shape index (κ3) is 2.93. The van der Waals surface area contributed by atoms with Crippen molar-refractivity contribution in [2.45, 2.75) is 25.8 Å². The number of nitrogens with zero attached hydrogens (tertiary/aromatic N) is 3. The molecule has 0 aliphatic carbocycles. The third-order valence-electron chi connectivity index (χ3n) is 4.27. The van der Waals surface area contributed by atoms with E-state index in [9.17, 15) is 4.79 Å². The summed E-state index contributed by atoms with van der Waals surface area (Å²) in [6, 6.07) is 4.76. The Kier molecular flexibility index (Phi) is 3.87. The summed E-state index contributed by atoms with van der Waals surface area (Å²) in [7, 11) is 0. The van der Waals surface area contributed by atoms with E-state index >= 15 is 0 Å². The molecule has 1 aromatic rings. The van der Waals surface area contributed by atoms with E-state index < -0.39 is 0 Å². The lowest BCUT2D eigenvalue weighted by atomic mass is 10.0. The smallest absolute Gasteiger partial charge is 0.234 e. The van der Waals surface area contributed by atoms with Crippen LogP contribution in [0.2, 0.25) is 0 Å². The van der Waals surface area contributed by atoms with Crippen molar-refractivity contribution in [1.29, 1.82) is 0 Å². The molecule has 5 heteroatoms. The predicted octanol–water partition coefficient (Wildman–Crippen LogP) is 0.791. The number of pyridine rings is 1. The van der Waals surface area contributed by atoms with Gasteiger partial charge in [-0.05, 0) is 31.4 Å². The van der Waals surface area contributed by atoms with Crippen molar-refractivity contribution in [3.63, 3.8) is 0 Å². The topological polar surface area (TPSA) is 48.5 Å². The number of piperidine rings is 1. The fraction of sp³-hybridized carbons (Fsp3) is 0.600. The highest BCUT2D eigenvalue weighted by atomic mass is 16.2. The molecule has 0 atom stereocenters. The number of amides is 1. The van der Waals surface area contributed by atoms with Crippen LogP contribution in [0.5, 0.6) is 0 Å². The van der Waals surface area contributed by atoms with Gasteiger partial charge in [0.2, 0.25) is 5.91 Å². The zero-order valence-corrected chi connectivity index (χ0v) is 12.0. The van der Waals surface area contributed by atoms with E-state index in [-0.39, 0.29) is 5.91 Å². The minimum absolute atomic E-state index is 0.166. The molecule has 2 aliphatic heterocycles. The molecular weight excluding hydrogens is 252 g/mol. The summed E-state index contributed by atoms with van der Waals surface area (Å²) in [5.41, 5.74) is 1.20. The van der Waals surface area contributed by atoms with E-state index in [1.165, 1.54) is 5.56 Å². The second kappa shape index (κ2) is 5.79. The lowest BCUT2D eigenvalue weighted by Gasteiger charge is -2.40. The van der Waals surface area contributed by atoms with E-state index in [4.69, 9.17) is 0 Å². The Morgan fingerprint density at radius 3 is 2.70 bits per heavy atom. The van der Waals surface area contributed by atoms with Gasteiger partial charge in [0.15, 0.2) is 0 Å². The maximum Gasteiger partial charge on any atom is 0.234 e. The normalized spacial score (nSPS) is 21.9. The molecule has 0 bridgehead atoms. The largest absolute Gasteiger partial charge is 0.357 e. The molecule has 0 aromatic carbocycles. The van der Waals surface area contributed by atoms with Gasteiger partial charge >= 0.3 is 0 Å². The lowest BCUT2D eigenvalue weighted by Crippen LogP contribution is -2.54. The molecule has 1 amide bonds. The number of piperazine rings is 1. The summed E-state index contributed by atoms with van der Waals surface area (Å²) in [6.45, 7) is 6.45. The Bertz CT molecular complexity index is 465. The molecular formula is C15H22N4O. The van der Waals surface area contributed by atoms with Crippen LogP contribution in [-0.2, 0) is 4.79 Å². The zero-order chi connectivity index (χ0) is 13.9. The number of anilines is 1. The first-order valence-electron chi connectivity index (χ1n) is 7.41. The molecule has 0 spiro atoms. The molecule has 1 aromatic heterocycles. The Labute approximate surface area is 120 Å². The van der Waals surface area contributed by atoms with Crippen molar-refractivity contribution in [3.05, 3.63) is 23.9 Å². The minimum Gasteiger partial charge on any atom is -0.357 e. The van der Waals surface area contributed by atoms with Gasteiger partial charge in [-0.3, -0.25) is 9.69 Å². The maximum absolute atomic E-state index is 11.5. The average Bonchev–Trinajstić information content (AvgIpc) is 2.48. The summed E-state index contributed by atoms with van der Waals surface area (Å²) in [5.74, 6) is 1.24. The van der Waals surface area contributed by atoms with Gasteiger partial charge in [-0.15, -0.1) is 0 Å². The summed E-state index contributed by atoms with van der Waals surface area (Å²) in [4.78, 5) is 20.6. The summed E-state index contributed by atoms with van der Waals surface area (Å²) in [6.07, 6.45) is 4.15. The van der Waals surface area contributed by atoms with E-state index in [0.717, 1.165) is 44.8 Å². The molecule has 1 N–H and O–H groups in total. The summed E-state index contributed by atoms with van der Waals surface area (Å²) < 4.78 is 0. The highest BCUT2D eigenvalue weighted by Crippen LogP contribution is 2.21. The molecule has 20 heavy (non-hydrogen) atoms. The van der Waals surface area contributed by atoms with Crippen LogP contribution in [0.15, 0.2) is 18.3 Å². The molecule has 2 saturated heterocycles. The second-order valence-corrected chi connectivity index (χ2v) is 5.73. The molecule has 5 nitrogen and oxygen atoms in total. The first-order chi connectivity index (χ1) is 9.72. The van der Waals surface area contributed by atoms with Gasteiger partial charge in [-0.25, -0.2) is 4.98 Å². The molecule has 3 rings (SSSR count). The Balaban J connectivity index is 1.56. The van der Waals surface area contributed by atoms with Crippen LogP contribution >= 0.6 is 0 Å². The zero-order valence-electron chi connectivity index (χ0n) is 12.0. The second-order valence-electron chi connectivity index (χ2n) is 5.73. The van der Waals surface area contributed by atoms with Crippen LogP contribution < -0.4 is 10.2 Å². The quantitative estimate of drug-likeness (QED) is 0.866. The number of carbonyl (C=O) groups is 1. The molecule has 3 heterocycles. The number of aromatic nitrogens is 1. The van der Waals surface area contributed by atoms with Crippen molar-refractivity contribution in [2.24, 2.45) is 0 Å². The third-order valence-corrected chi connectivity index (χ3v) is 4.27. The molecule has 2 fully saturated rings. The Morgan fingerprint density at radius 2 is 2.05 bits per heavy atom. The molecule has 0 radical (unpaired) electrons. The summed E-state index contributed by atoms with van der Waals surface area (Å²) >= 11 is 0. The van der Waals surface area contributed by atoms with Crippen molar-refractivity contribution < 1.29 is 4.79 Å². The minimum atomic E-state index is 0.166. The van der Waals surface area contributed by atoms with Crippen LogP contribution in [0, 0.1) is 6.92 Å². The molecule has 0 saturated carbocycles. The fourth-order valence-corrected chi connectivity index (χ4v) is 3.08. The highest BCUT2D eigenvalue weighted by Gasteiger charge is 2.28. The van der Waals surface area contributed by atoms with E-state index in [0.29, 0.717) is 12.6 Å². The fourth-order valence-electron chi connectivity index (χ4n) is 3.08. The molecule has 2 aliphatic rings. The van der Waals surface area contributed by atoms with Crippen LogP contribution in [0.25, 0.3) is 0 Å². The number of rotatable bonds is 2. The lowest BCUT2D eigenvalue weighted by molar-refractivity contribution is -0.125. The van der Waals surface area contributed by atoms with Gasteiger partial charge in [-0.1, -0.05) is 6.07 Å². The monoisotopic (exact) mass is 274 g/mol. The molecule has 0 unspecified atom stereocenters. The summed E-state index contributed by atoms with van der Waals surface area (Å²) in [5, 5.41) is 2.89. The van der Waals surface area contributed by atoms with Crippen LogP contribution in [0.4, 0.5) is 5.82 Å². The molecule has 108 valence electrons. The number of hydrogen-bond acceptors (Lipinski definition) is 4. The van der Waals surface area contributed by atoms with E-state index in [2.05, 4.69) is 39.2 Å².